The van der Waals surface area contributed by atoms with Gasteiger partial charge < -0.3 is 20.1 Å². The summed E-state index contributed by atoms with van der Waals surface area (Å²) in [5.74, 6) is -1.30. The van der Waals surface area contributed by atoms with Crippen LogP contribution in [0.3, 0.4) is 0 Å². The largest absolute Gasteiger partial charge is 0.489 e. The smallest absolute Gasteiger partial charge is 0.328 e. The Labute approximate surface area is 209 Å². The first-order valence-corrected chi connectivity index (χ1v) is 11.5. The van der Waals surface area contributed by atoms with E-state index in [0.717, 1.165) is 11.1 Å². The molecule has 0 heterocycles. The van der Waals surface area contributed by atoms with Gasteiger partial charge in [0.1, 0.15) is 30.3 Å². The van der Waals surface area contributed by atoms with Gasteiger partial charge in [0.25, 0.3) is 0 Å². The topological polar surface area (TPSA) is 93.7 Å². The Bertz CT molecular complexity index is 1150. The van der Waals surface area contributed by atoms with Crippen LogP contribution in [0.15, 0.2) is 78.9 Å². The molecule has 0 aliphatic heterocycles. The SMILES string of the molecule is COC(=O)[C@@H](Cc1ccc(OCc2ccccc2)cc1)NC(=O)[C@H](Cc1ccc(F)cc1)NC(C)=O. The number of hydrogen-bond donors (Lipinski definition) is 2. The van der Waals surface area contributed by atoms with E-state index in [1.54, 1.807) is 12.1 Å². The lowest BCUT2D eigenvalue weighted by atomic mass is 10.0. The van der Waals surface area contributed by atoms with E-state index in [1.165, 1.54) is 38.3 Å². The summed E-state index contributed by atoms with van der Waals surface area (Å²) in [4.78, 5) is 37.1. The molecule has 3 aromatic carbocycles. The fourth-order valence-electron chi connectivity index (χ4n) is 3.62. The van der Waals surface area contributed by atoms with Gasteiger partial charge in [-0.2, -0.15) is 0 Å². The molecule has 188 valence electrons. The average Bonchev–Trinajstić information content (AvgIpc) is 2.88. The van der Waals surface area contributed by atoms with E-state index in [4.69, 9.17) is 9.47 Å². The summed E-state index contributed by atoms with van der Waals surface area (Å²) in [5, 5.41) is 5.27. The third-order valence-corrected chi connectivity index (χ3v) is 5.46. The van der Waals surface area contributed by atoms with Crippen LogP contribution in [0.1, 0.15) is 23.6 Å². The highest BCUT2D eigenvalue weighted by molar-refractivity contribution is 5.90. The number of rotatable bonds is 11. The Kier molecular flexibility index (Phi) is 9.56. The molecule has 2 amide bonds. The molecule has 3 aromatic rings. The fourth-order valence-corrected chi connectivity index (χ4v) is 3.62. The van der Waals surface area contributed by atoms with E-state index in [1.807, 2.05) is 42.5 Å². The normalized spacial score (nSPS) is 12.2. The molecule has 36 heavy (non-hydrogen) atoms. The minimum atomic E-state index is -0.969. The highest BCUT2D eigenvalue weighted by atomic mass is 19.1. The van der Waals surface area contributed by atoms with Gasteiger partial charge in [0.2, 0.25) is 11.8 Å². The number of hydrogen-bond acceptors (Lipinski definition) is 5. The first kappa shape index (κ1) is 26.4. The van der Waals surface area contributed by atoms with Gasteiger partial charge in [0.15, 0.2) is 0 Å². The van der Waals surface area contributed by atoms with Crippen LogP contribution in [0.4, 0.5) is 4.39 Å². The van der Waals surface area contributed by atoms with Crippen molar-refractivity contribution >= 4 is 17.8 Å². The molecular formula is C28H29FN2O5. The number of amides is 2. The van der Waals surface area contributed by atoms with Crippen LogP contribution < -0.4 is 15.4 Å². The molecule has 2 N–H and O–H groups in total. The van der Waals surface area contributed by atoms with Gasteiger partial charge >= 0.3 is 5.97 Å². The molecule has 0 radical (unpaired) electrons. The Hall–Kier alpha value is -4.20. The first-order chi connectivity index (χ1) is 17.3. The van der Waals surface area contributed by atoms with Crippen LogP contribution in [0, 0.1) is 5.82 Å². The van der Waals surface area contributed by atoms with Crippen molar-refractivity contribution in [3.63, 3.8) is 0 Å². The third-order valence-electron chi connectivity index (χ3n) is 5.46. The van der Waals surface area contributed by atoms with E-state index in [0.29, 0.717) is 17.9 Å². The molecule has 0 saturated carbocycles. The van der Waals surface area contributed by atoms with E-state index in [9.17, 15) is 18.8 Å². The molecule has 3 rings (SSSR count). The maximum absolute atomic E-state index is 13.2. The molecule has 0 unspecified atom stereocenters. The van der Waals surface area contributed by atoms with Gasteiger partial charge in [0, 0.05) is 19.8 Å². The summed E-state index contributed by atoms with van der Waals surface area (Å²) in [7, 11) is 1.24. The number of benzene rings is 3. The number of nitrogens with one attached hydrogen (secondary N) is 2. The zero-order valence-electron chi connectivity index (χ0n) is 20.2. The van der Waals surface area contributed by atoms with Crippen LogP contribution in [-0.4, -0.2) is 37.0 Å². The van der Waals surface area contributed by atoms with Gasteiger partial charge in [-0.1, -0.05) is 54.6 Å². The van der Waals surface area contributed by atoms with Gasteiger partial charge in [0.05, 0.1) is 7.11 Å². The van der Waals surface area contributed by atoms with Crippen LogP contribution >= 0.6 is 0 Å². The second-order valence-corrected chi connectivity index (χ2v) is 8.29. The van der Waals surface area contributed by atoms with Gasteiger partial charge in [-0.25, -0.2) is 9.18 Å². The lowest BCUT2D eigenvalue weighted by Gasteiger charge is -2.22. The molecule has 0 aliphatic carbocycles. The van der Waals surface area contributed by atoms with E-state index >= 15 is 0 Å². The second-order valence-electron chi connectivity index (χ2n) is 8.29. The Morgan fingerprint density at radius 2 is 1.36 bits per heavy atom. The van der Waals surface area contributed by atoms with Gasteiger partial charge in [-0.05, 0) is 41.0 Å². The monoisotopic (exact) mass is 492 g/mol. The molecular weight excluding hydrogens is 463 g/mol. The van der Waals surface area contributed by atoms with Crippen molar-refractivity contribution in [3.8, 4) is 5.75 Å². The lowest BCUT2D eigenvalue weighted by Crippen LogP contribution is -2.53. The standard InChI is InChI=1S/C28H29FN2O5/c1-19(32)30-25(16-20-8-12-23(29)13-9-20)27(33)31-26(28(34)35-2)17-21-10-14-24(15-11-21)36-18-22-6-4-3-5-7-22/h3-15,25-26H,16-18H2,1-2H3,(H,30,32)(H,31,33)/t25-,26+/m0/s1. The van der Waals surface area contributed by atoms with Crippen molar-refractivity contribution < 1.29 is 28.2 Å². The Morgan fingerprint density at radius 3 is 1.94 bits per heavy atom. The molecule has 0 fully saturated rings. The van der Waals surface area contributed by atoms with Crippen molar-refractivity contribution in [2.24, 2.45) is 0 Å². The fraction of sp³-hybridized carbons (Fsp3) is 0.250. The van der Waals surface area contributed by atoms with Crippen molar-refractivity contribution in [2.45, 2.75) is 38.5 Å². The van der Waals surface area contributed by atoms with E-state index < -0.39 is 35.7 Å². The zero-order valence-corrected chi connectivity index (χ0v) is 20.2. The molecule has 2 atom stereocenters. The number of carbonyl (C=O) groups is 3. The lowest BCUT2D eigenvalue weighted by molar-refractivity contribution is -0.145. The summed E-state index contributed by atoms with van der Waals surface area (Å²) in [5.41, 5.74) is 2.49. The van der Waals surface area contributed by atoms with Crippen molar-refractivity contribution in [2.75, 3.05) is 7.11 Å². The maximum atomic E-state index is 13.2. The number of halogens is 1. The molecule has 0 aliphatic rings. The van der Waals surface area contributed by atoms with Crippen molar-refractivity contribution in [1.29, 1.82) is 0 Å². The minimum absolute atomic E-state index is 0.132. The summed E-state index contributed by atoms with van der Waals surface area (Å²) < 4.78 is 23.9. The molecule has 0 saturated heterocycles. The quantitative estimate of drug-likeness (QED) is 0.401. The highest BCUT2D eigenvalue weighted by Gasteiger charge is 2.27. The molecule has 7 nitrogen and oxygen atoms in total. The molecule has 0 bridgehead atoms. The molecule has 0 spiro atoms. The zero-order chi connectivity index (χ0) is 25.9. The van der Waals surface area contributed by atoms with Crippen LogP contribution in [-0.2, 0) is 38.6 Å². The Morgan fingerprint density at radius 1 is 0.778 bits per heavy atom. The molecule has 8 heteroatoms. The van der Waals surface area contributed by atoms with Crippen LogP contribution in [0.2, 0.25) is 0 Å². The number of ether oxygens (including phenoxy) is 2. The van der Waals surface area contributed by atoms with Crippen LogP contribution in [0.25, 0.3) is 0 Å². The van der Waals surface area contributed by atoms with Gasteiger partial charge in [-0.3, -0.25) is 9.59 Å². The van der Waals surface area contributed by atoms with Crippen molar-refractivity contribution in [3.05, 3.63) is 101 Å². The Balaban J connectivity index is 1.65. The second kappa shape index (κ2) is 13.0. The number of methoxy groups -OCH3 is 1. The minimum Gasteiger partial charge on any atom is -0.489 e. The first-order valence-electron chi connectivity index (χ1n) is 11.5. The van der Waals surface area contributed by atoms with E-state index in [-0.39, 0.29) is 12.8 Å². The van der Waals surface area contributed by atoms with Crippen LogP contribution in [0.5, 0.6) is 5.75 Å². The summed E-state index contributed by atoms with van der Waals surface area (Å²) in [6, 6.07) is 20.7. The average molecular weight is 493 g/mol. The van der Waals surface area contributed by atoms with E-state index in [2.05, 4.69) is 10.6 Å². The predicted octanol–water partition coefficient (Wildman–Crippen LogP) is 3.35. The third kappa shape index (κ3) is 8.23. The number of carbonyl (C=O) groups excluding carboxylic acids is 3. The predicted molar refractivity (Wildman–Crippen MR) is 133 cm³/mol. The number of esters is 1. The highest BCUT2D eigenvalue weighted by Crippen LogP contribution is 2.16. The molecule has 0 aromatic heterocycles. The van der Waals surface area contributed by atoms with Crippen molar-refractivity contribution in [1.82, 2.24) is 10.6 Å². The van der Waals surface area contributed by atoms with Gasteiger partial charge in [-0.15, -0.1) is 0 Å². The maximum Gasteiger partial charge on any atom is 0.328 e. The summed E-state index contributed by atoms with van der Waals surface area (Å²) in [6.07, 6.45) is 0.313. The summed E-state index contributed by atoms with van der Waals surface area (Å²) >= 11 is 0. The summed E-state index contributed by atoms with van der Waals surface area (Å²) in [6.45, 7) is 1.73.